The largest absolute Gasteiger partial charge is 0.508 e. The van der Waals surface area contributed by atoms with E-state index >= 15 is 0 Å². The fourth-order valence-electron chi connectivity index (χ4n) is 2.82. The summed E-state index contributed by atoms with van der Waals surface area (Å²) in [5, 5.41) is 24.2. The summed E-state index contributed by atoms with van der Waals surface area (Å²) < 4.78 is 1.62. The van der Waals surface area contributed by atoms with Crippen molar-refractivity contribution in [3.63, 3.8) is 0 Å². The number of fused-ring (bicyclic) bond motifs is 1. The van der Waals surface area contributed by atoms with Crippen LogP contribution in [-0.4, -0.2) is 33.2 Å². The van der Waals surface area contributed by atoms with E-state index < -0.39 is 0 Å². The molecule has 0 aliphatic rings. The second kappa shape index (κ2) is 10.4. The second-order valence-corrected chi connectivity index (χ2v) is 9.86. The first-order chi connectivity index (χ1) is 15.2. The van der Waals surface area contributed by atoms with Gasteiger partial charge in [-0.1, -0.05) is 89.5 Å². The maximum absolute atomic E-state index is 12.0. The number of carbonyl (C=O) groups is 1. The van der Waals surface area contributed by atoms with E-state index in [-0.39, 0.29) is 17.4 Å². The highest BCUT2D eigenvalue weighted by molar-refractivity contribution is 8.03. The summed E-state index contributed by atoms with van der Waals surface area (Å²) in [6.07, 6.45) is 1.48. The van der Waals surface area contributed by atoms with Crippen LogP contribution in [-0.2, 0) is 10.5 Å². The van der Waals surface area contributed by atoms with E-state index in [1.807, 2.05) is 6.07 Å². The molecule has 0 spiro atoms. The average Bonchev–Trinajstić information content (AvgIpc) is 3.24. The van der Waals surface area contributed by atoms with Gasteiger partial charge in [0, 0.05) is 5.75 Å². The van der Waals surface area contributed by atoms with Crippen molar-refractivity contribution in [1.82, 2.24) is 15.6 Å². The number of phenolic OH excluding ortho intramolecular Hbond substituents is 1. The zero-order valence-corrected chi connectivity index (χ0v) is 18.7. The smallest absolute Gasteiger partial charge is 0.250 e. The molecule has 31 heavy (non-hydrogen) atoms. The normalized spacial score (nSPS) is 11.2. The molecule has 9 heteroatoms. The van der Waals surface area contributed by atoms with Crippen LogP contribution in [0, 0.1) is 0 Å². The minimum atomic E-state index is -0.235. The van der Waals surface area contributed by atoms with Gasteiger partial charge in [0.1, 0.15) is 5.75 Å². The van der Waals surface area contributed by atoms with E-state index in [0.717, 1.165) is 14.4 Å². The Labute approximate surface area is 191 Å². The lowest BCUT2D eigenvalue weighted by atomic mass is 10.1. The van der Waals surface area contributed by atoms with E-state index in [0.29, 0.717) is 5.56 Å². The molecule has 0 saturated carbocycles. The quantitative estimate of drug-likeness (QED) is 0.217. The molecule has 0 atom stereocenters. The minimum absolute atomic E-state index is 0.149. The molecule has 1 heterocycles. The van der Waals surface area contributed by atoms with Crippen molar-refractivity contribution in [1.29, 1.82) is 0 Å². The third kappa shape index (κ3) is 6.06. The van der Waals surface area contributed by atoms with Crippen LogP contribution in [0.2, 0.25) is 0 Å². The molecular weight excluding hydrogens is 448 g/mol. The van der Waals surface area contributed by atoms with Gasteiger partial charge < -0.3 is 5.11 Å². The highest BCUT2D eigenvalue weighted by Gasteiger charge is 2.09. The topological polar surface area (TPSA) is 87.5 Å². The highest BCUT2D eigenvalue weighted by Crippen LogP contribution is 2.32. The lowest BCUT2D eigenvalue weighted by molar-refractivity contribution is -0.118. The Bertz CT molecular complexity index is 1220. The van der Waals surface area contributed by atoms with Gasteiger partial charge in [0.25, 0.3) is 5.91 Å². The van der Waals surface area contributed by atoms with Crippen molar-refractivity contribution in [2.45, 2.75) is 14.4 Å². The summed E-state index contributed by atoms with van der Waals surface area (Å²) in [4.78, 5) is 12.0. The van der Waals surface area contributed by atoms with Gasteiger partial charge in [-0.2, -0.15) is 5.10 Å². The number of benzene rings is 3. The summed E-state index contributed by atoms with van der Waals surface area (Å²) in [6.45, 7) is 0. The summed E-state index contributed by atoms with van der Waals surface area (Å²) >= 11 is 4.45. The molecule has 0 unspecified atom stereocenters. The van der Waals surface area contributed by atoms with Crippen molar-refractivity contribution in [3.05, 3.63) is 77.9 Å². The Hall–Kier alpha value is -2.88. The fourth-order valence-corrected chi connectivity index (χ4v) is 5.63. The number of thioether (sulfide) groups is 2. The van der Waals surface area contributed by atoms with Gasteiger partial charge in [0.05, 0.1) is 12.0 Å². The summed E-state index contributed by atoms with van der Waals surface area (Å²) in [5.41, 5.74) is 4.43. The third-order valence-electron chi connectivity index (χ3n) is 4.22. The highest BCUT2D eigenvalue weighted by atomic mass is 32.2. The molecule has 1 aromatic heterocycles. The molecule has 3 aromatic carbocycles. The number of nitrogens with one attached hydrogen (secondary N) is 1. The van der Waals surface area contributed by atoms with Gasteiger partial charge in [-0.3, -0.25) is 4.79 Å². The van der Waals surface area contributed by atoms with Gasteiger partial charge in [0.2, 0.25) is 0 Å². The van der Waals surface area contributed by atoms with Gasteiger partial charge in [0.15, 0.2) is 8.68 Å². The Kier molecular flexibility index (Phi) is 7.18. The summed E-state index contributed by atoms with van der Waals surface area (Å²) in [5.74, 6) is 0.919. The van der Waals surface area contributed by atoms with Crippen LogP contribution in [0.15, 0.2) is 80.5 Å². The van der Waals surface area contributed by atoms with Crippen molar-refractivity contribution >= 4 is 57.8 Å². The molecule has 6 nitrogen and oxygen atoms in total. The van der Waals surface area contributed by atoms with E-state index in [1.165, 1.54) is 45.6 Å². The van der Waals surface area contributed by atoms with Crippen LogP contribution in [0.4, 0.5) is 0 Å². The zero-order chi connectivity index (χ0) is 21.5. The number of phenols is 1. The van der Waals surface area contributed by atoms with Crippen molar-refractivity contribution in [2.24, 2.45) is 5.10 Å². The molecular formula is C22H18N4O2S3. The van der Waals surface area contributed by atoms with Crippen LogP contribution in [0.5, 0.6) is 5.75 Å². The Morgan fingerprint density at radius 2 is 1.81 bits per heavy atom. The number of hydrogen-bond donors (Lipinski definition) is 2. The summed E-state index contributed by atoms with van der Waals surface area (Å²) in [6, 6.07) is 21.3. The van der Waals surface area contributed by atoms with E-state index in [2.05, 4.69) is 57.1 Å². The number of aromatic nitrogens is 2. The van der Waals surface area contributed by atoms with Gasteiger partial charge >= 0.3 is 0 Å². The van der Waals surface area contributed by atoms with Gasteiger partial charge in [-0.25, -0.2) is 5.43 Å². The summed E-state index contributed by atoms with van der Waals surface area (Å²) in [7, 11) is 0. The SMILES string of the molecule is O=C(CSc1nnc(SCc2cccc3ccccc23)s1)N/N=C\c1cccc(O)c1. The van der Waals surface area contributed by atoms with Crippen LogP contribution in [0.1, 0.15) is 11.1 Å². The Balaban J connectivity index is 1.25. The van der Waals surface area contributed by atoms with Crippen LogP contribution >= 0.6 is 34.9 Å². The van der Waals surface area contributed by atoms with Crippen LogP contribution in [0.25, 0.3) is 10.8 Å². The molecule has 4 rings (SSSR count). The first-order valence-electron chi connectivity index (χ1n) is 9.34. The van der Waals surface area contributed by atoms with E-state index in [1.54, 1.807) is 36.0 Å². The molecule has 0 bridgehead atoms. The average molecular weight is 467 g/mol. The fraction of sp³-hybridized carbons (Fsp3) is 0.0909. The molecule has 0 saturated heterocycles. The maximum Gasteiger partial charge on any atom is 0.250 e. The Morgan fingerprint density at radius 3 is 2.68 bits per heavy atom. The standard InChI is InChI=1S/C22H18N4O2S3/c27-18-9-3-5-15(11-18)12-23-24-20(28)14-30-22-26-25-21(31-22)29-13-17-8-4-7-16-6-1-2-10-19(16)17/h1-12,27H,13-14H2,(H,24,28)/b23-12-. The lowest BCUT2D eigenvalue weighted by Gasteiger charge is -2.04. The number of rotatable bonds is 8. The molecule has 4 aromatic rings. The lowest BCUT2D eigenvalue weighted by Crippen LogP contribution is -2.19. The number of hydrazone groups is 1. The third-order valence-corrected chi connectivity index (χ3v) is 7.46. The number of aromatic hydroxyl groups is 1. The second-order valence-electron chi connectivity index (χ2n) is 6.44. The van der Waals surface area contributed by atoms with E-state index in [9.17, 15) is 9.90 Å². The molecule has 0 fully saturated rings. The minimum Gasteiger partial charge on any atom is -0.508 e. The predicted molar refractivity (Wildman–Crippen MR) is 128 cm³/mol. The number of nitrogens with zero attached hydrogens (tertiary/aromatic N) is 3. The van der Waals surface area contributed by atoms with Crippen LogP contribution in [0.3, 0.4) is 0 Å². The van der Waals surface area contributed by atoms with Gasteiger partial charge in [-0.05, 0) is 34.0 Å². The number of amides is 1. The molecule has 0 aliphatic carbocycles. The van der Waals surface area contributed by atoms with E-state index in [4.69, 9.17) is 0 Å². The molecule has 2 N–H and O–H groups in total. The molecule has 156 valence electrons. The molecule has 0 aliphatic heterocycles. The zero-order valence-electron chi connectivity index (χ0n) is 16.3. The van der Waals surface area contributed by atoms with Gasteiger partial charge in [-0.15, -0.1) is 10.2 Å². The molecule has 1 amide bonds. The number of carbonyl (C=O) groups excluding carboxylic acids is 1. The first-order valence-corrected chi connectivity index (χ1v) is 12.1. The predicted octanol–water partition coefficient (Wildman–Crippen LogP) is 4.93. The monoisotopic (exact) mass is 466 g/mol. The van der Waals surface area contributed by atoms with Crippen molar-refractivity contribution in [2.75, 3.05) is 5.75 Å². The Morgan fingerprint density at radius 1 is 1.03 bits per heavy atom. The number of hydrogen-bond acceptors (Lipinski definition) is 8. The molecule has 0 radical (unpaired) electrons. The van der Waals surface area contributed by atoms with Crippen molar-refractivity contribution < 1.29 is 9.90 Å². The van der Waals surface area contributed by atoms with Crippen LogP contribution < -0.4 is 5.43 Å². The first kappa shape index (κ1) is 21.4. The van der Waals surface area contributed by atoms with Crippen molar-refractivity contribution in [3.8, 4) is 5.75 Å². The maximum atomic E-state index is 12.0.